The van der Waals surface area contributed by atoms with Crippen LogP contribution in [0.3, 0.4) is 0 Å². The standard InChI is InChI=1S/C24H27ClFN5/c1-15-13-19(9-10-20(15)25)28-23-22(17-5-7-18(26)8-6-17)29-21-14-30(11-12-31(21)23)16(2)24(3,4)27/h5-10,13,28H,2,11-12,14,27H2,1,3-4H3. The third-order valence-electron chi connectivity index (χ3n) is 5.64. The molecule has 0 bridgehead atoms. The van der Waals surface area contributed by atoms with Crippen molar-refractivity contribution in [3.8, 4) is 11.3 Å². The SMILES string of the molecule is C=C(N1CCn2c(nc(-c3ccc(F)cc3)c2Nc2ccc(Cl)c(C)c2)C1)C(C)(C)N. The molecule has 1 aliphatic heterocycles. The quantitative estimate of drug-likeness (QED) is 0.554. The molecule has 4 rings (SSSR count). The number of imidazole rings is 1. The number of benzene rings is 2. The van der Waals surface area contributed by atoms with Gasteiger partial charge in [0, 0.05) is 40.6 Å². The van der Waals surface area contributed by atoms with Gasteiger partial charge in [-0.3, -0.25) is 0 Å². The molecule has 1 aliphatic rings. The number of rotatable bonds is 5. The van der Waals surface area contributed by atoms with E-state index >= 15 is 0 Å². The number of anilines is 2. The predicted octanol–water partition coefficient (Wildman–Crippen LogP) is 5.46. The van der Waals surface area contributed by atoms with Crippen molar-refractivity contribution >= 4 is 23.1 Å². The van der Waals surface area contributed by atoms with Crippen molar-refractivity contribution in [2.45, 2.75) is 39.4 Å². The Morgan fingerprint density at radius 3 is 2.55 bits per heavy atom. The topological polar surface area (TPSA) is 59.1 Å². The first-order chi connectivity index (χ1) is 14.6. The molecular formula is C24H27ClFN5. The predicted molar refractivity (Wildman–Crippen MR) is 125 cm³/mol. The molecule has 0 fully saturated rings. The lowest BCUT2D eigenvalue weighted by Gasteiger charge is -2.37. The highest BCUT2D eigenvalue weighted by atomic mass is 35.5. The van der Waals surface area contributed by atoms with Gasteiger partial charge in [-0.15, -0.1) is 0 Å². The van der Waals surface area contributed by atoms with Gasteiger partial charge in [-0.25, -0.2) is 9.37 Å². The molecule has 2 aromatic carbocycles. The minimum Gasteiger partial charge on any atom is -0.365 e. The van der Waals surface area contributed by atoms with Crippen LogP contribution >= 0.6 is 11.6 Å². The van der Waals surface area contributed by atoms with Gasteiger partial charge in [0.2, 0.25) is 0 Å². The molecule has 7 heteroatoms. The fraction of sp³-hybridized carbons (Fsp3) is 0.292. The van der Waals surface area contributed by atoms with E-state index in [2.05, 4.69) is 21.4 Å². The Labute approximate surface area is 187 Å². The van der Waals surface area contributed by atoms with E-state index in [4.69, 9.17) is 22.3 Å². The summed E-state index contributed by atoms with van der Waals surface area (Å²) in [5.41, 5.74) is 10.2. The fourth-order valence-electron chi connectivity index (χ4n) is 3.76. The summed E-state index contributed by atoms with van der Waals surface area (Å²) in [6.07, 6.45) is 0. The lowest BCUT2D eigenvalue weighted by Crippen LogP contribution is -2.45. The summed E-state index contributed by atoms with van der Waals surface area (Å²) in [6.45, 7) is 12.2. The van der Waals surface area contributed by atoms with Crippen LogP contribution in [0.1, 0.15) is 25.2 Å². The number of nitrogens with zero attached hydrogens (tertiary/aromatic N) is 3. The number of hydrogen-bond acceptors (Lipinski definition) is 4. The monoisotopic (exact) mass is 439 g/mol. The van der Waals surface area contributed by atoms with E-state index in [1.807, 2.05) is 39.0 Å². The van der Waals surface area contributed by atoms with E-state index in [1.54, 1.807) is 12.1 Å². The van der Waals surface area contributed by atoms with Gasteiger partial charge in [-0.2, -0.15) is 0 Å². The fourth-order valence-corrected chi connectivity index (χ4v) is 3.88. The molecule has 2 heterocycles. The smallest absolute Gasteiger partial charge is 0.138 e. The van der Waals surface area contributed by atoms with Gasteiger partial charge in [-0.1, -0.05) is 18.2 Å². The molecule has 0 aliphatic carbocycles. The van der Waals surface area contributed by atoms with Gasteiger partial charge in [0.15, 0.2) is 0 Å². The zero-order chi connectivity index (χ0) is 22.3. The largest absolute Gasteiger partial charge is 0.365 e. The first kappa shape index (κ1) is 21.4. The summed E-state index contributed by atoms with van der Waals surface area (Å²) in [5.74, 6) is 1.51. The number of hydrogen-bond donors (Lipinski definition) is 2. The normalized spacial score (nSPS) is 13.8. The van der Waals surface area contributed by atoms with Crippen LogP contribution in [0.2, 0.25) is 5.02 Å². The average Bonchev–Trinajstić information content (AvgIpc) is 3.07. The van der Waals surface area contributed by atoms with Crippen molar-refractivity contribution < 1.29 is 4.39 Å². The molecule has 1 aromatic heterocycles. The van der Waals surface area contributed by atoms with Crippen molar-refractivity contribution in [3.05, 3.63) is 77.0 Å². The van der Waals surface area contributed by atoms with Crippen molar-refractivity contribution in [2.75, 3.05) is 11.9 Å². The second kappa shape index (κ2) is 8.02. The van der Waals surface area contributed by atoms with Crippen molar-refractivity contribution in [1.82, 2.24) is 14.5 Å². The van der Waals surface area contributed by atoms with Crippen LogP contribution in [0, 0.1) is 12.7 Å². The Morgan fingerprint density at radius 2 is 1.90 bits per heavy atom. The number of nitrogens with one attached hydrogen (secondary N) is 1. The van der Waals surface area contributed by atoms with E-state index in [1.165, 1.54) is 12.1 Å². The molecule has 0 atom stereocenters. The lowest BCUT2D eigenvalue weighted by molar-refractivity contribution is 0.243. The van der Waals surface area contributed by atoms with Crippen LogP contribution < -0.4 is 11.1 Å². The summed E-state index contributed by atoms with van der Waals surface area (Å²) in [4.78, 5) is 7.10. The Kier molecular flexibility index (Phi) is 5.54. The van der Waals surface area contributed by atoms with Gasteiger partial charge in [0.25, 0.3) is 0 Å². The maximum atomic E-state index is 13.5. The number of aromatic nitrogens is 2. The summed E-state index contributed by atoms with van der Waals surface area (Å²) >= 11 is 6.20. The zero-order valence-corrected chi connectivity index (χ0v) is 18.8. The Balaban J connectivity index is 1.76. The van der Waals surface area contributed by atoms with E-state index < -0.39 is 5.54 Å². The Morgan fingerprint density at radius 1 is 1.19 bits per heavy atom. The highest BCUT2D eigenvalue weighted by Gasteiger charge is 2.29. The van der Waals surface area contributed by atoms with Crippen LogP contribution in [0.25, 0.3) is 11.3 Å². The molecule has 3 N–H and O–H groups in total. The van der Waals surface area contributed by atoms with Gasteiger partial charge in [0.05, 0.1) is 6.54 Å². The molecule has 3 aromatic rings. The second-order valence-corrected chi connectivity index (χ2v) is 8.97. The molecular weight excluding hydrogens is 413 g/mol. The molecule has 0 radical (unpaired) electrons. The van der Waals surface area contributed by atoms with Gasteiger partial charge >= 0.3 is 0 Å². The minimum atomic E-state index is -0.504. The highest BCUT2D eigenvalue weighted by Crippen LogP contribution is 2.35. The van der Waals surface area contributed by atoms with Crippen molar-refractivity contribution in [2.24, 2.45) is 5.73 Å². The number of nitrogens with two attached hydrogens (primary N) is 1. The van der Waals surface area contributed by atoms with Crippen LogP contribution in [-0.2, 0) is 13.1 Å². The molecule has 0 saturated heterocycles. The summed E-state index contributed by atoms with van der Waals surface area (Å²) in [5, 5.41) is 4.24. The summed E-state index contributed by atoms with van der Waals surface area (Å²) in [7, 11) is 0. The summed E-state index contributed by atoms with van der Waals surface area (Å²) in [6, 6.07) is 12.2. The molecule has 0 amide bonds. The highest BCUT2D eigenvalue weighted by molar-refractivity contribution is 6.31. The molecule has 162 valence electrons. The number of fused-ring (bicyclic) bond motifs is 1. The number of aryl methyl sites for hydroxylation is 1. The van der Waals surface area contributed by atoms with E-state index in [0.29, 0.717) is 6.54 Å². The zero-order valence-electron chi connectivity index (χ0n) is 18.0. The van der Waals surface area contributed by atoms with Crippen molar-refractivity contribution in [3.63, 3.8) is 0 Å². The van der Waals surface area contributed by atoms with E-state index in [0.717, 1.165) is 58.0 Å². The van der Waals surface area contributed by atoms with Gasteiger partial charge in [0.1, 0.15) is 23.2 Å². The maximum Gasteiger partial charge on any atom is 0.138 e. The van der Waals surface area contributed by atoms with Crippen molar-refractivity contribution in [1.29, 1.82) is 0 Å². The van der Waals surface area contributed by atoms with E-state index in [9.17, 15) is 4.39 Å². The van der Waals surface area contributed by atoms with Gasteiger partial charge in [-0.05, 0) is 68.8 Å². The van der Waals surface area contributed by atoms with Crippen LogP contribution in [0.4, 0.5) is 15.9 Å². The average molecular weight is 440 g/mol. The van der Waals surface area contributed by atoms with E-state index in [-0.39, 0.29) is 5.82 Å². The minimum absolute atomic E-state index is 0.275. The lowest BCUT2D eigenvalue weighted by atomic mass is 10.0. The Bertz CT molecular complexity index is 1130. The van der Waals surface area contributed by atoms with Gasteiger partial charge < -0.3 is 20.5 Å². The third-order valence-corrected chi connectivity index (χ3v) is 6.06. The molecule has 31 heavy (non-hydrogen) atoms. The first-order valence-corrected chi connectivity index (χ1v) is 10.6. The van der Waals surface area contributed by atoms with Crippen LogP contribution in [-0.4, -0.2) is 26.5 Å². The second-order valence-electron chi connectivity index (χ2n) is 8.56. The van der Waals surface area contributed by atoms with Crippen LogP contribution in [0.5, 0.6) is 0 Å². The molecule has 0 unspecified atom stereocenters. The molecule has 5 nitrogen and oxygen atoms in total. The maximum absolute atomic E-state index is 13.5. The molecule has 0 saturated carbocycles. The molecule has 0 spiro atoms. The summed E-state index contributed by atoms with van der Waals surface area (Å²) < 4.78 is 15.7. The number of halogens is 2. The Hall–Kier alpha value is -2.83. The van der Waals surface area contributed by atoms with Crippen LogP contribution in [0.15, 0.2) is 54.7 Å². The third kappa shape index (κ3) is 4.31. The first-order valence-electron chi connectivity index (χ1n) is 10.2.